The Morgan fingerprint density at radius 3 is 2.67 bits per heavy atom. The molecule has 0 spiro atoms. The summed E-state index contributed by atoms with van der Waals surface area (Å²) < 4.78 is 0. The molecule has 1 heterocycles. The van der Waals surface area contributed by atoms with Gasteiger partial charge in [0, 0.05) is 18.5 Å². The zero-order chi connectivity index (χ0) is 8.10. The second kappa shape index (κ2) is 5.81. The predicted octanol–water partition coefficient (Wildman–Crippen LogP) is 3.02. The van der Waals surface area contributed by atoms with Gasteiger partial charge < -0.3 is 0 Å². The van der Waals surface area contributed by atoms with E-state index >= 15 is 0 Å². The van der Waals surface area contributed by atoms with E-state index in [-0.39, 0.29) is 7.43 Å². The molecule has 0 amide bonds. The maximum absolute atomic E-state index is 4.28. The van der Waals surface area contributed by atoms with Crippen molar-refractivity contribution in [3.05, 3.63) is 11.8 Å². The van der Waals surface area contributed by atoms with Gasteiger partial charge in [0.05, 0.1) is 0 Å². The van der Waals surface area contributed by atoms with Crippen molar-refractivity contribution >= 4 is 6.21 Å². The SMILES string of the molecule is C.C/C=N/N1CCCC/C1=C\C. The maximum atomic E-state index is 4.28. The van der Waals surface area contributed by atoms with Crippen molar-refractivity contribution < 1.29 is 0 Å². The summed E-state index contributed by atoms with van der Waals surface area (Å²) in [4.78, 5) is 0. The molecule has 0 aromatic heterocycles. The van der Waals surface area contributed by atoms with Crippen LogP contribution in [-0.4, -0.2) is 17.8 Å². The van der Waals surface area contributed by atoms with Crippen molar-refractivity contribution in [2.75, 3.05) is 6.54 Å². The second-order valence-electron chi connectivity index (χ2n) is 2.73. The Morgan fingerprint density at radius 1 is 1.33 bits per heavy atom. The molecule has 2 heteroatoms. The average molecular weight is 168 g/mol. The molecule has 0 aromatic carbocycles. The van der Waals surface area contributed by atoms with Gasteiger partial charge in [-0.1, -0.05) is 13.5 Å². The van der Waals surface area contributed by atoms with E-state index in [1.54, 1.807) is 0 Å². The maximum Gasteiger partial charge on any atom is 0.0412 e. The Bertz CT molecular complexity index is 171. The van der Waals surface area contributed by atoms with Crippen LogP contribution >= 0.6 is 0 Å². The first-order valence-electron chi connectivity index (χ1n) is 4.29. The first-order chi connectivity index (χ1) is 5.38. The van der Waals surface area contributed by atoms with Gasteiger partial charge in [0.1, 0.15) is 0 Å². The molecule has 0 unspecified atom stereocenters. The van der Waals surface area contributed by atoms with Crippen LogP contribution in [0.2, 0.25) is 0 Å². The highest BCUT2D eigenvalue weighted by Crippen LogP contribution is 2.19. The summed E-state index contributed by atoms with van der Waals surface area (Å²) in [5, 5.41) is 6.38. The number of allylic oxidation sites excluding steroid dienone is 2. The lowest BCUT2D eigenvalue weighted by Gasteiger charge is -2.26. The lowest BCUT2D eigenvalue weighted by molar-refractivity contribution is 0.304. The summed E-state index contributed by atoms with van der Waals surface area (Å²) in [5.74, 6) is 0. The van der Waals surface area contributed by atoms with Gasteiger partial charge in [-0.3, -0.25) is 5.01 Å². The Labute approximate surface area is 76.0 Å². The van der Waals surface area contributed by atoms with Crippen LogP contribution in [0.1, 0.15) is 40.5 Å². The minimum Gasteiger partial charge on any atom is -0.270 e. The molecule has 1 fully saturated rings. The van der Waals surface area contributed by atoms with Crippen LogP contribution < -0.4 is 0 Å². The van der Waals surface area contributed by atoms with Crippen molar-refractivity contribution in [3.63, 3.8) is 0 Å². The first-order valence-corrected chi connectivity index (χ1v) is 4.29. The number of rotatable bonds is 1. The Hall–Kier alpha value is -0.790. The first kappa shape index (κ1) is 11.2. The average Bonchev–Trinajstić information content (AvgIpc) is 2.06. The highest BCUT2D eigenvalue weighted by Gasteiger charge is 2.11. The zero-order valence-electron chi connectivity index (χ0n) is 7.38. The summed E-state index contributed by atoms with van der Waals surface area (Å²) >= 11 is 0. The second-order valence-corrected chi connectivity index (χ2v) is 2.73. The summed E-state index contributed by atoms with van der Waals surface area (Å²) in [6.45, 7) is 5.13. The molecule has 1 saturated heterocycles. The molecule has 1 aliphatic rings. The van der Waals surface area contributed by atoms with Crippen molar-refractivity contribution in [1.82, 2.24) is 5.01 Å². The fraction of sp³-hybridized carbons (Fsp3) is 0.700. The summed E-state index contributed by atoms with van der Waals surface area (Å²) in [5.41, 5.74) is 1.37. The fourth-order valence-corrected chi connectivity index (χ4v) is 1.40. The van der Waals surface area contributed by atoms with Crippen molar-refractivity contribution in [2.24, 2.45) is 5.10 Å². The van der Waals surface area contributed by atoms with E-state index < -0.39 is 0 Å². The van der Waals surface area contributed by atoms with E-state index in [2.05, 4.69) is 23.1 Å². The fourth-order valence-electron chi connectivity index (χ4n) is 1.40. The highest BCUT2D eigenvalue weighted by molar-refractivity contribution is 5.52. The van der Waals surface area contributed by atoms with E-state index in [4.69, 9.17) is 0 Å². The number of hydrogen-bond donors (Lipinski definition) is 0. The molecule has 0 aliphatic carbocycles. The minimum atomic E-state index is 0. The Morgan fingerprint density at radius 2 is 2.08 bits per heavy atom. The lowest BCUT2D eigenvalue weighted by Crippen LogP contribution is -2.22. The molecule has 0 saturated carbocycles. The van der Waals surface area contributed by atoms with Crippen LogP contribution in [0.5, 0.6) is 0 Å². The normalized spacial score (nSPS) is 21.5. The number of hydrazone groups is 1. The molecule has 12 heavy (non-hydrogen) atoms. The van der Waals surface area contributed by atoms with Crippen LogP contribution in [0.25, 0.3) is 0 Å². The molecule has 1 aliphatic heterocycles. The molecule has 1 rings (SSSR count). The zero-order valence-corrected chi connectivity index (χ0v) is 7.38. The molecule has 0 atom stereocenters. The number of hydrogen-bond acceptors (Lipinski definition) is 2. The van der Waals surface area contributed by atoms with E-state index in [0.29, 0.717) is 0 Å². The van der Waals surface area contributed by atoms with Gasteiger partial charge >= 0.3 is 0 Å². The van der Waals surface area contributed by atoms with Gasteiger partial charge in [0.25, 0.3) is 0 Å². The summed E-state index contributed by atoms with van der Waals surface area (Å²) in [7, 11) is 0. The van der Waals surface area contributed by atoms with E-state index in [1.807, 2.05) is 13.1 Å². The van der Waals surface area contributed by atoms with Crippen LogP contribution in [0.3, 0.4) is 0 Å². The van der Waals surface area contributed by atoms with E-state index in [9.17, 15) is 0 Å². The summed E-state index contributed by atoms with van der Waals surface area (Å²) in [6, 6.07) is 0. The highest BCUT2D eigenvalue weighted by atomic mass is 15.5. The lowest BCUT2D eigenvalue weighted by atomic mass is 10.1. The van der Waals surface area contributed by atoms with Crippen molar-refractivity contribution in [3.8, 4) is 0 Å². The third-order valence-corrected chi connectivity index (χ3v) is 1.97. The van der Waals surface area contributed by atoms with Crippen LogP contribution in [0.4, 0.5) is 0 Å². The summed E-state index contributed by atoms with van der Waals surface area (Å²) in [6.07, 6.45) is 7.79. The van der Waals surface area contributed by atoms with Crippen LogP contribution in [-0.2, 0) is 0 Å². The van der Waals surface area contributed by atoms with Gasteiger partial charge in [0.15, 0.2) is 0 Å². The molecule has 70 valence electrons. The third kappa shape index (κ3) is 2.68. The third-order valence-electron chi connectivity index (χ3n) is 1.97. The van der Waals surface area contributed by atoms with Crippen LogP contribution in [0.15, 0.2) is 16.9 Å². The van der Waals surface area contributed by atoms with Gasteiger partial charge in [-0.25, -0.2) is 0 Å². The molecule has 0 N–H and O–H groups in total. The Balaban J connectivity index is 0.00000121. The quantitative estimate of drug-likeness (QED) is 0.549. The van der Waals surface area contributed by atoms with Gasteiger partial charge in [0.2, 0.25) is 0 Å². The predicted molar refractivity (Wildman–Crippen MR) is 55.2 cm³/mol. The van der Waals surface area contributed by atoms with Crippen LogP contribution in [0, 0.1) is 0 Å². The van der Waals surface area contributed by atoms with Crippen molar-refractivity contribution in [1.29, 1.82) is 0 Å². The Kier molecular flexibility index (Phi) is 5.43. The monoisotopic (exact) mass is 168 g/mol. The van der Waals surface area contributed by atoms with Gasteiger partial charge in [-0.15, -0.1) is 0 Å². The molecule has 0 bridgehead atoms. The number of nitrogens with zero attached hydrogens (tertiary/aromatic N) is 2. The molecular weight excluding hydrogens is 148 g/mol. The van der Waals surface area contributed by atoms with Crippen molar-refractivity contribution in [2.45, 2.75) is 40.5 Å². The van der Waals surface area contributed by atoms with Gasteiger partial charge in [-0.05, 0) is 33.1 Å². The standard InChI is InChI=1S/C9H16N2.CH4/c1-3-9-7-5-6-8-11(9)10-4-2;/h3-4H,5-8H2,1-2H3;1H4/b9-3+,10-4+;. The molecular formula is C10H20N2. The number of piperidine rings is 1. The topological polar surface area (TPSA) is 15.6 Å². The minimum absolute atomic E-state index is 0. The van der Waals surface area contributed by atoms with E-state index in [0.717, 1.165) is 6.54 Å². The van der Waals surface area contributed by atoms with E-state index in [1.165, 1.54) is 25.0 Å². The molecule has 2 nitrogen and oxygen atoms in total. The molecule has 0 radical (unpaired) electrons. The van der Waals surface area contributed by atoms with Gasteiger partial charge in [-0.2, -0.15) is 5.10 Å². The molecule has 0 aromatic rings. The largest absolute Gasteiger partial charge is 0.270 e. The smallest absolute Gasteiger partial charge is 0.0412 e.